The van der Waals surface area contributed by atoms with Crippen LogP contribution in [0.4, 0.5) is 18.9 Å². The van der Waals surface area contributed by atoms with Gasteiger partial charge < -0.3 is 9.73 Å². The van der Waals surface area contributed by atoms with Crippen LogP contribution in [0.2, 0.25) is 0 Å². The number of anilines is 1. The Balaban J connectivity index is 1.84. The zero-order chi connectivity index (χ0) is 15.7. The van der Waals surface area contributed by atoms with Crippen LogP contribution in [0.25, 0.3) is 11.1 Å². The van der Waals surface area contributed by atoms with Crippen molar-refractivity contribution in [3.8, 4) is 0 Å². The molecule has 0 saturated carbocycles. The number of hydrogen-bond donors (Lipinski definition) is 1. The summed E-state index contributed by atoms with van der Waals surface area (Å²) >= 11 is 0. The molecule has 4 nitrogen and oxygen atoms in total. The minimum absolute atomic E-state index is 0.259. The third kappa shape index (κ3) is 2.65. The SMILES string of the molecule is O=C(Nc1ccc(C(F)(F)F)cc1)c1cccc2ncoc12. The summed E-state index contributed by atoms with van der Waals surface area (Å²) in [5, 5.41) is 2.52. The summed E-state index contributed by atoms with van der Waals surface area (Å²) < 4.78 is 42.6. The molecule has 1 aromatic heterocycles. The van der Waals surface area contributed by atoms with Crippen molar-refractivity contribution in [3.05, 3.63) is 60.0 Å². The number of rotatable bonds is 2. The summed E-state index contributed by atoms with van der Waals surface area (Å²) in [6, 6.07) is 9.09. The summed E-state index contributed by atoms with van der Waals surface area (Å²) in [5.74, 6) is -0.484. The van der Waals surface area contributed by atoms with E-state index >= 15 is 0 Å². The molecule has 7 heteroatoms. The van der Waals surface area contributed by atoms with E-state index in [9.17, 15) is 18.0 Å². The van der Waals surface area contributed by atoms with Crippen molar-refractivity contribution in [1.82, 2.24) is 4.98 Å². The summed E-state index contributed by atoms with van der Waals surface area (Å²) in [5.41, 5.74) is 0.597. The Labute approximate surface area is 122 Å². The number of carbonyl (C=O) groups is 1. The fourth-order valence-electron chi connectivity index (χ4n) is 2.01. The highest BCUT2D eigenvalue weighted by Crippen LogP contribution is 2.30. The Hall–Kier alpha value is -2.83. The third-order valence-electron chi connectivity index (χ3n) is 3.07. The molecule has 2 aromatic carbocycles. The predicted molar refractivity (Wildman–Crippen MR) is 73.4 cm³/mol. The van der Waals surface area contributed by atoms with E-state index in [1.54, 1.807) is 18.2 Å². The topological polar surface area (TPSA) is 55.1 Å². The number of hydrogen-bond acceptors (Lipinski definition) is 3. The molecule has 0 saturated heterocycles. The lowest BCUT2D eigenvalue weighted by Gasteiger charge is -2.09. The summed E-state index contributed by atoms with van der Waals surface area (Å²) in [4.78, 5) is 16.1. The number of benzene rings is 2. The van der Waals surface area contributed by atoms with Gasteiger partial charge in [0.25, 0.3) is 5.91 Å². The Kier molecular flexibility index (Phi) is 3.32. The van der Waals surface area contributed by atoms with E-state index in [4.69, 9.17) is 4.42 Å². The first kappa shape index (κ1) is 14.1. The smallest absolute Gasteiger partial charge is 0.416 e. The molecule has 0 radical (unpaired) electrons. The first-order valence-corrected chi connectivity index (χ1v) is 6.26. The number of fused-ring (bicyclic) bond motifs is 1. The molecule has 0 unspecified atom stereocenters. The molecule has 0 spiro atoms. The van der Waals surface area contributed by atoms with Gasteiger partial charge in [-0.15, -0.1) is 0 Å². The second kappa shape index (κ2) is 5.18. The molecule has 112 valence electrons. The number of halogens is 3. The molecule has 3 aromatic rings. The van der Waals surface area contributed by atoms with Crippen molar-refractivity contribution in [1.29, 1.82) is 0 Å². The molecular weight excluding hydrogens is 297 g/mol. The zero-order valence-electron chi connectivity index (χ0n) is 11.0. The van der Waals surface area contributed by atoms with Gasteiger partial charge >= 0.3 is 6.18 Å². The van der Waals surface area contributed by atoms with Gasteiger partial charge in [-0.1, -0.05) is 6.07 Å². The maximum absolute atomic E-state index is 12.5. The van der Waals surface area contributed by atoms with Gasteiger partial charge in [-0.25, -0.2) is 4.98 Å². The number of nitrogens with zero attached hydrogens (tertiary/aromatic N) is 1. The monoisotopic (exact) mass is 306 g/mol. The highest BCUT2D eigenvalue weighted by atomic mass is 19.4. The molecular formula is C15H9F3N2O2. The number of nitrogens with one attached hydrogen (secondary N) is 1. The van der Waals surface area contributed by atoms with Gasteiger partial charge in [0.15, 0.2) is 12.0 Å². The largest absolute Gasteiger partial charge is 0.443 e. The molecule has 1 N–H and O–H groups in total. The van der Waals surface area contributed by atoms with Gasteiger partial charge in [0.05, 0.1) is 11.1 Å². The van der Waals surface area contributed by atoms with Crippen LogP contribution < -0.4 is 5.32 Å². The van der Waals surface area contributed by atoms with Gasteiger partial charge in [-0.05, 0) is 36.4 Å². The maximum atomic E-state index is 12.5. The Bertz CT molecular complexity index is 823. The summed E-state index contributed by atoms with van der Waals surface area (Å²) in [6.07, 6.45) is -3.19. The number of alkyl halides is 3. The Morgan fingerprint density at radius 3 is 2.50 bits per heavy atom. The van der Waals surface area contributed by atoms with Gasteiger partial charge in [-0.3, -0.25) is 4.79 Å². The average Bonchev–Trinajstić information content (AvgIpc) is 2.95. The zero-order valence-corrected chi connectivity index (χ0v) is 11.0. The van der Waals surface area contributed by atoms with Gasteiger partial charge in [-0.2, -0.15) is 13.2 Å². The van der Waals surface area contributed by atoms with Gasteiger partial charge in [0.2, 0.25) is 0 Å². The molecule has 0 aliphatic heterocycles. The van der Waals surface area contributed by atoms with Crippen molar-refractivity contribution in [2.75, 3.05) is 5.32 Å². The highest BCUT2D eigenvalue weighted by Gasteiger charge is 2.30. The van der Waals surface area contributed by atoms with Crippen LogP contribution >= 0.6 is 0 Å². The number of carbonyl (C=O) groups excluding carboxylic acids is 1. The van der Waals surface area contributed by atoms with Crippen LogP contribution in [0.3, 0.4) is 0 Å². The van der Waals surface area contributed by atoms with Crippen molar-refractivity contribution < 1.29 is 22.4 Å². The average molecular weight is 306 g/mol. The molecule has 0 atom stereocenters. The normalized spacial score (nSPS) is 11.6. The third-order valence-corrected chi connectivity index (χ3v) is 3.07. The first-order chi connectivity index (χ1) is 10.4. The van der Waals surface area contributed by atoms with Crippen molar-refractivity contribution >= 4 is 22.7 Å². The van der Waals surface area contributed by atoms with Crippen LogP contribution in [0.1, 0.15) is 15.9 Å². The number of amides is 1. The van der Waals surface area contributed by atoms with Crippen LogP contribution in [-0.2, 0) is 6.18 Å². The molecule has 0 bridgehead atoms. The van der Waals surface area contributed by atoms with E-state index in [2.05, 4.69) is 10.3 Å². The van der Waals surface area contributed by atoms with Crippen molar-refractivity contribution in [2.24, 2.45) is 0 Å². The van der Waals surface area contributed by atoms with Crippen LogP contribution in [0, 0.1) is 0 Å². The van der Waals surface area contributed by atoms with E-state index in [1.807, 2.05) is 0 Å². The molecule has 1 heterocycles. The number of aromatic nitrogens is 1. The van der Waals surface area contributed by atoms with E-state index in [0.29, 0.717) is 11.1 Å². The molecule has 0 aliphatic rings. The second-order valence-corrected chi connectivity index (χ2v) is 4.54. The van der Waals surface area contributed by atoms with Crippen LogP contribution in [0.15, 0.2) is 53.3 Å². The minimum Gasteiger partial charge on any atom is -0.443 e. The molecule has 1 amide bonds. The fourth-order valence-corrected chi connectivity index (χ4v) is 2.01. The van der Waals surface area contributed by atoms with Crippen LogP contribution in [0.5, 0.6) is 0 Å². The van der Waals surface area contributed by atoms with Crippen molar-refractivity contribution in [3.63, 3.8) is 0 Å². The number of oxazole rings is 1. The van der Waals surface area contributed by atoms with E-state index in [0.717, 1.165) is 12.1 Å². The molecule has 0 aliphatic carbocycles. The molecule has 3 rings (SSSR count). The maximum Gasteiger partial charge on any atom is 0.416 e. The molecule has 0 fully saturated rings. The standard InChI is InChI=1S/C15H9F3N2O2/c16-15(17,18)9-4-6-10(7-5-9)20-14(21)11-2-1-3-12-13(11)22-8-19-12/h1-8H,(H,20,21). The summed E-state index contributed by atoms with van der Waals surface area (Å²) in [7, 11) is 0. The van der Waals surface area contributed by atoms with Gasteiger partial charge in [0, 0.05) is 5.69 Å². The molecule has 22 heavy (non-hydrogen) atoms. The lowest BCUT2D eigenvalue weighted by Crippen LogP contribution is -2.12. The lowest BCUT2D eigenvalue weighted by molar-refractivity contribution is -0.137. The minimum atomic E-state index is -4.41. The van der Waals surface area contributed by atoms with E-state index in [-0.39, 0.29) is 11.3 Å². The van der Waals surface area contributed by atoms with Gasteiger partial charge in [0.1, 0.15) is 5.52 Å². The summed E-state index contributed by atoms with van der Waals surface area (Å²) in [6.45, 7) is 0. The first-order valence-electron chi connectivity index (χ1n) is 6.26. The van der Waals surface area contributed by atoms with E-state index < -0.39 is 17.6 Å². The lowest BCUT2D eigenvalue weighted by atomic mass is 10.1. The number of para-hydroxylation sites is 1. The van der Waals surface area contributed by atoms with Crippen LogP contribution in [-0.4, -0.2) is 10.9 Å². The quantitative estimate of drug-likeness (QED) is 0.775. The Morgan fingerprint density at radius 2 is 1.82 bits per heavy atom. The predicted octanol–water partition coefficient (Wildman–Crippen LogP) is 4.10. The van der Waals surface area contributed by atoms with E-state index in [1.165, 1.54) is 18.5 Å². The highest BCUT2D eigenvalue weighted by molar-refractivity contribution is 6.10. The second-order valence-electron chi connectivity index (χ2n) is 4.54. The fraction of sp³-hybridized carbons (Fsp3) is 0.0667. The van der Waals surface area contributed by atoms with Crippen molar-refractivity contribution in [2.45, 2.75) is 6.18 Å². The Morgan fingerprint density at radius 1 is 1.09 bits per heavy atom.